The van der Waals surface area contributed by atoms with Crippen LogP contribution in [-0.4, -0.2) is 58.6 Å². The third kappa shape index (κ3) is 4.73. The van der Waals surface area contributed by atoms with E-state index in [0.29, 0.717) is 38.5 Å². The van der Waals surface area contributed by atoms with Crippen LogP contribution in [0.15, 0.2) is 47.4 Å². The van der Waals surface area contributed by atoms with Crippen LogP contribution in [0.1, 0.15) is 24.2 Å². The van der Waals surface area contributed by atoms with Crippen LogP contribution in [0.4, 0.5) is 10.1 Å². The number of anilines is 1. The molecule has 1 amide bonds. The van der Waals surface area contributed by atoms with Crippen molar-refractivity contribution in [1.82, 2.24) is 9.62 Å². The summed E-state index contributed by atoms with van der Waals surface area (Å²) in [5, 5.41) is 0. The molecule has 1 saturated heterocycles. The number of amides is 1. The highest BCUT2D eigenvalue weighted by atomic mass is 32.2. The maximum atomic E-state index is 14.0. The fourth-order valence-corrected chi connectivity index (χ4v) is 4.64. The van der Waals surface area contributed by atoms with Gasteiger partial charge in [0, 0.05) is 38.3 Å². The lowest BCUT2D eigenvalue weighted by molar-refractivity contribution is 0.0746. The minimum Gasteiger partial charge on any atom is -0.492 e. The molecule has 0 saturated carbocycles. The number of rotatable bonds is 7. The van der Waals surface area contributed by atoms with Crippen LogP contribution in [0.2, 0.25) is 0 Å². The first-order chi connectivity index (χ1) is 14.4. The molecule has 0 aromatic heterocycles. The van der Waals surface area contributed by atoms with Crippen molar-refractivity contribution >= 4 is 21.6 Å². The lowest BCUT2D eigenvalue weighted by Crippen LogP contribution is -2.49. The molecule has 30 heavy (non-hydrogen) atoms. The highest BCUT2D eigenvalue weighted by molar-refractivity contribution is 7.89. The van der Waals surface area contributed by atoms with Gasteiger partial charge in [-0.15, -0.1) is 0 Å². The molecule has 162 valence electrons. The van der Waals surface area contributed by atoms with E-state index in [2.05, 4.69) is 4.72 Å². The van der Waals surface area contributed by atoms with Gasteiger partial charge in [0.25, 0.3) is 5.91 Å². The summed E-state index contributed by atoms with van der Waals surface area (Å²) in [6, 6.07) is 11.0. The molecule has 1 fully saturated rings. The van der Waals surface area contributed by atoms with Crippen LogP contribution in [0.25, 0.3) is 0 Å². The molecule has 7 nitrogen and oxygen atoms in total. The van der Waals surface area contributed by atoms with Gasteiger partial charge in [-0.2, -0.15) is 0 Å². The minimum absolute atomic E-state index is 0.0537. The Labute approximate surface area is 176 Å². The highest BCUT2D eigenvalue weighted by Crippen LogP contribution is 2.26. The number of piperazine rings is 1. The van der Waals surface area contributed by atoms with E-state index in [9.17, 15) is 17.6 Å². The number of ether oxygens (including phenoxy) is 1. The van der Waals surface area contributed by atoms with Crippen LogP contribution < -0.4 is 14.4 Å². The first-order valence-electron chi connectivity index (χ1n) is 9.92. The number of nitrogens with one attached hydrogen (secondary N) is 1. The molecule has 1 N–H and O–H groups in total. The highest BCUT2D eigenvalue weighted by Gasteiger charge is 2.26. The number of sulfonamides is 1. The predicted molar refractivity (Wildman–Crippen MR) is 113 cm³/mol. The second kappa shape index (κ2) is 9.44. The summed E-state index contributed by atoms with van der Waals surface area (Å²) in [5.41, 5.74) is 0.791. The molecule has 2 aromatic rings. The molecular formula is C21H26FN3O4S. The number of carbonyl (C=O) groups excluding carboxylic acids is 1. The van der Waals surface area contributed by atoms with Gasteiger partial charge in [0.05, 0.1) is 12.3 Å². The zero-order chi connectivity index (χ0) is 21.7. The molecule has 0 unspecified atom stereocenters. The Bertz CT molecular complexity index is 1010. The Hall–Kier alpha value is -2.65. The van der Waals surface area contributed by atoms with Crippen LogP contribution >= 0.6 is 0 Å². The topological polar surface area (TPSA) is 79.0 Å². The monoisotopic (exact) mass is 435 g/mol. The average Bonchev–Trinajstić information content (AvgIpc) is 2.74. The van der Waals surface area contributed by atoms with Crippen molar-refractivity contribution in [2.24, 2.45) is 0 Å². The third-order valence-electron chi connectivity index (χ3n) is 4.87. The van der Waals surface area contributed by atoms with Gasteiger partial charge >= 0.3 is 0 Å². The zero-order valence-electron chi connectivity index (χ0n) is 17.1. The van der Waals surface area contributed by atoms with E-state index in [1.807, 2.05) is 4.90 Å². The minimum atomic E-state index is -3.80. The fraction of sp³-hybridized carbons (Fsp3) is 0.381. The maximum absolute atomic E-state index is 14.0. The lowest BCUT2D eigenvalue weighted by atomic mass is 10.1. The van der Waals surface area contributed by atoms with Gasteiger partial charge in [0.15, 0.2) is 0 Å². The standard InChI is InChI=1S/C21H26FN3O4S/c1-3-23-30(27,28)20-15-16(9-10-19(20)29-4-2)21(26)25-13-11-24(12-14-25)18-8-6-5-7-17(18)22/h5-10,15,23H,3-4,11-14H2,1-2H3. The van der Waals surface area contributed by atoms with Crippen molar-refractivity contribution in [3.05, 3.63) is 53.8 Å². The number of nitrogens with zero attached hydrogens (tertiary/aromatic N) is 2. The predicted octanol–water partition coefficient (Wildman–Crippen LogP) is 2.49. The molecule has 0 radical (unpaired) electrons. The largest absolute Gasteiger partial charge is 0.492 e. The lowest BCUT2D eigenvalue weighted by Gasteiger charge is -2.36. The summed E-state index contributed by atoms with van der Waals surface area (Å²) < 4.78 is 47.0. The van der Waals surface area contributed by atoms with Crippen LogP contribution in [-0.2, 0) is 10.0 Å². The quantitative estimate of drug-likeness (QED) is 0.723. The van der Waals surface area contributed by atoms with E-state index in [-0.39, 0.29) is 34.5 Å². The molecule has 0 spiro atoms. The first kappa shape index (κ1) is 22.0. The van der Waals surface area contributed by atoms with E-state index in [0.717, 1.165) is 0 Å². The summed E-state index contributed by atoms with van der Waals surface area (Å²) in [5.74, 6) is -0.347. The summed E-state index contributed by atoms with van der Waals surface area (Å²) in [6.07, 6.45) is 0. The average molecular weight is 436 g/mol. The third-order valence-corrected chi connectivity index (χ3v) is 6.44. The van der Waals surface area contributed by atoms with E-state index < -0.39 is 10.0 Å². The van der Waals surface area contributed by atoms with Gasteiger partial charge in [-0.1, -0.05) is 19.1 Å². The van der Waals surface area contributed by atoms with Gasteiger partial charge in [-0.05, 0) is 37.3 Å². The van der Waals surface area contributed by atoms with Crippen molar-refractivity contribution in [3.8, 4) is 5.75 Å². The summed E-state index contributed by atoms with van der Waals surface area (Å²) in [7, 11) is -3.80. The van der Waals surface area contributed by atoms with E-state index in [4.69, 9.17) is 4.74 Å². The smallest absolute Gasteiger partial charge is 0.254 e. The number of benzene rings is 2. The summed E-state index contributed by atoms with van der Waals surface area (Å²) >= 11 is 0. The Kier molecular flexibility index (Phi) is 6.94. The zero-order valence-corrected chi connectivity index (χ0v) is 17.9. The molecular weight excluding hydrogens is 409 g/mol. The molecule has 0 bridgehead atoms. The van der Waals surface area contributed by atoms with E-state index in [1.54, 1.807) is 43.0 Å². The molecule has 1 aliphatic rings. The molecule has 0 aliphatic carbocycles. The molecule has 1 aliphatic heterocycles. The summed E-state index contributed by atoms with van der Waals surface area (Å²) in [4.78, 5) is 16.5. The van der Waals surface area contributed by atoms with Gasteiger partial charge < -0.3 is 14.5 Å². The van der Waals surface area contributed by atoms with Gasteiger partial charge in [0.1, 0.15) is 16.5 Å². The SMILES string of the molecule is CCNS(=O)(=O)c1cc(C(=O)N2CCN(c3ccccc3F)CC2)ccc1OCC. The molecule has 2 aromatic carbocycles. The molecule has 0 atom stereocenters. The number of para-hydroxylation sites is 1. The second-order valence-electron chi connectivity index (χ2n) is 6.83. The van der Waals surface area contributed by atoms with Crippen molar-refractivity contribution in [3.63, 3.8) is 0 Å². The first-order valence-corrected chi connectivity index (χ1v) is 11.4. The van der Waals surface area contributed by atoms with Gasteiger partial charge in [-0.25, -0.2) is 17.5 Å². The molecule has 3 rings (SSSR count). The second-order valence-corrected chi connectivity index (χ2v) is 8.56. The fourth-order valence-electron chi connectivity index (χ4n) is 3.43. The van der Waals surface area contributed by atoms with Crippen molar-refractivity contribution in [2.75, 3.05) is 44.2 Å². The van der Waals surface area contributed by atoms with Crippen LogP contribution in [0, 0.1) is 5.82 Å². The molecule has 1 heterocycles. The Balaban J connectivity index is 1.78. The number of halogens is 1. The van der Waals surface area contributed by atoms with Crippen LogP contribution in [0.5, 0.6) is 5.75 Å². The van der Waals surface area contributed by atoms with E-state index >= 15 is 0 Å². The number of carbonyl (C=O) groups is 1. The Morgan fingerprint density at radius 3 is 2.43 bits per heavy atom. The van der Waals surface area contributed by atoms with Crippen molar-refractivity contribution < 1.29 is 22.3 Å². The van der Waals surface area contributed by atoms with Gasteiger partial charge in [-0.3, -0.25) is 4.79 Å². The number of hydrogen-bond acceptors (Lipinski definition) is 5. The number of hydrogen-bond donors (Lipinski definition) is 1. The van der Waals surface area contributed by atoms with E-state index in [1.165, 1.54) is 18.2 Å². The maximum Gasteiger partial charge on any atom is 0.254 e. The Morgan fingerprint density at radius 2 is 1.80 bits per heavy atom. The van der Waals surface area contributed by atoms with Crippen LogP contribution in [0.3, 0.4) is 0 Å². The Morgan fingerprint density at radius 1 is 1.10 bits per heavy atom. The van der Waals surface area contributed by atoms with Gasteiger partial charge in [0.2, 0.25) is 10.0 Å². The van der Waals surface area contributed by atoms with Crippen molar-refractivity contribution in [1.29, 1.82) is 0 Å². The van der Waals surface area contributed by atoms with Crippen molar-refractivity contribution in [2.45, 2.75) is 18.7 Å². The molecule has 9 heteroatoms. The normalized spacial score (nSPS) is 14.6. The summed E-state index contributed by atoms with van der Waals surface area (Å²) in [6.45, 7) is 5.79.